The summed E-state index contributed by atoms with van der Waals surface area (Å²) in [6.07, 6.45) is -11.0. The average Bonchev–Trinajstić information content (AvgIpc) is 2.95. The van der Waals surface area contributed by atoms with E-state index in [1.807, 2.05) is 13.0 Å². The number of aliphatic hydroxyl groups is 3. The maximum absolute atomic E-state index is 11.5. The number of rotatable bonds is 3. The normalized spacial score (nSPS) is 50.8. The number of carboxylic acid groups (broad SMARTS) is 1. The molecule has 4 aliphatic rings. The number of aliphatic hydroxyl groups excluding tert-OH is 3. The second kappa shape index (κ2) is 7.95. The third-order valence-corrected chi connectivity index (χ3v) is 8.15. The molecule has 32 heavy (non-hydrogen) atoms. The van der Waals surface area contributed by atoms with Gasteiger partial charge in [0.1, 0.15) is 24.1 Å². The zero-order valence-electron chi connectivity index (χ0n) is 20.8. The summed E-state index contributed by atoms with van der Waals surface area (Å²) in [5.74, 6) is -1.31. The summed E-state index contributed by atoms with van der Waals surface area (Å²) < 4.78 is 38.0. The van der Waals surface area contributed by atoms with Crippen LogP contribution in [0.4, 0.5) is 0 Å². The fraction of sp³-hybridized carbons (Fsp3) is 0.708. The number of benzene rings is 1. The van der Waals surface area contributed by atoms with Gasteiger partial charge < -0.3 is 35.0 Å². The fourth-order valence-electron chi connectivity index (χ4n) is 6.39. The molecule has 1 aliphatic heterocycles. The van der Waals surface area contributed by atoms with Gasteiger partial charge in [-0.2, -0.15) is 0 Å². The highest BCUT2D eigenvalue weighted by molar-refractivity contribution is 5.73. The molecule has 0 spiro atoms. The van der Waals surface area contributed by atoms with Crippen molar-refractivity contribution in [3.8, 4) is 5.75 Å². The molecule has 0 aromatic heterocycles. The third kappa shape index (κ3) is 3.35. The van der Waals surface area contributed by atoms with Gasteiger partial charge in [-0.3, -0.25) is 0 Å². The molecule has 8 nitrogen and oxygen atoms in total. The molecule has 0 radical (unpaired) electrons. The number of aliphatic carboxylic acids is 1. The van der Waals surface area contributed by atoms with E-state index in [-0.39, 0.29) is 29.9 Å². The van der Waals surface area contributed by atoms with E-state index in [2.05, 4.69) is 0 Å². The molecule has 5 rings (SSSR count). The summed E-state index contributed by atoms with van der Waals surface area (Å²) in [6, 6.07) is 5.38. The topological polar surface area (TPSA) is 137 Å². The zero-order chi connectivity index (χ0) is 25.5. The Bertz CT molecular complexity index is 1020. The number of carboxylic acids is 1. The van der Waals surface area contributed by atoms with Gasteiger partial charge in [0, 0.05) is 2.74 Å². The molecule has 1 heterocycles. The number of phenolic OH excluding ortho intramolecular Hbond substituents is 1. The lowest BCUT2D eigenvalue weighted by molar-refractivity contribution is -0.312. The smallest absolute Gasteiger partial charge is 0.335 e. The van der Waals surface area contributed by atoms with Crippen LogP contribution >= 0.6 is 0 Å². The van der Waals surface area contributed by atoms with Gasteiger partial charge in [0.2, 0.25) is 0 Å². The Morgan fingerprint density at radius 1 is 1.22 bits per heavy atom. The van der Waals surface area contributed by atoms with Crippen molar-refractivity contribution in [1.82, 2.24) is 0 Å². The Balaban J connectivity index is 1.46. The van der Waals surface area contributed by atoms with Crippen LogP contribution in [0.2, 0.25) is 0 Å². The van der Waals surface area contributed by atoms with Crippen LogP contribution in [0.3, 0.4) is 0 Å². The van der Waals surface area contributed by atoms with Crippen molar-refractivity contribution in [2.45, 2.75) is 88.1 Å². The minimum absolute atomic E-state index is 0.0535. The van der Waals surface area contributed by atoms with E-state index in [0.717, 1.165) is 24.0 Å². The van der Waals surface area contributed by atoms with Crippen LogP contribution in [0.1, 0.15) is 60.1 Å². The van der Waals surface area contributed by atoms with E-state index in [9.17, 15) is 31.7 Å². The van der Waals surface area contributed by atoms with Gasteiger partial charge in [0.15, 0.2) is 12.4 Å². The van der Waals surface area contributed by atoms with Gasteiger partial charge in [-0.25, -0.2) is 4.79 Å². The monoisotopic (exact) mass is 451 g/mol. The highest BCUT2D eigenvalue weighted by Crippen LogP contribution is 2.61. The van der Waals surface area contributed by atoms with E-state index in [1.54, 1.807) is 12.1 Å². The molecular formula is C24H32O8. The summed E-state index contributed by atoms with van der Waals surface area (Å²) in [4.78, 5) is 11.5. The van der Waals surface area contributed by atoms with Crippen LogP contribution in [0.5, 0.6) is 5.75 Å². The van der Waals surface area contributed by atoms with E-state index in [0.29, 0.717) is 12.8 Å². The number of carbonyl (C=O) groups is 1. The first-order valence-electron chi connectivity index (χ1n) is 12.7. The number of fused-ring (bicyclic) bond motifs is 5. The fourth-order valence-corrected chi connectivity index (χ4v) is 6.39. The molecule has 1 aromatic rings. The van der Waals surface area contributed by atoms with Gasteiger partial charge in [-0.05, 0) is 84.9 Å². The van der Waals surface area contributed by atoms with Crippen molar-refractivity contribution in [2.24, 2.45) is 17.3 Å². The highest BCUT2D eigenvalue weighted by Gasteiger charge is 2.57. The van der Waals surface area contributed by atoms with Gasteiger partial charge in [0.25, 0.3) is 0 Å². The molecular weight excluding hydrogens is 416 g/mol. The van der Waals surface area contributed by atoms with E-state index in [4.69, 9.17) is 12.2 Å². The Morgan fingerprint density at radius 2 is 2.00 bits per heavy atom. The Labute approximate surface area is 191 Å². The number of phenols is 1. The van der Waals surface area contributed by atoms with Gasteiger partial charge >= 0.3 is 5.97 Å². The number of hydrogen-bond acceptors (Lipinski definition) is 7. The molecule has 3 fully saturated rings. The number of aromatic hydroxyl groups is 1. The van der Waals surface area contributed by atoms with Crippen LogP contribution in [0.15, 0.2) is 18.2 Å². The number of ether oxygens (including phenoxy) is 2. The number of hydrogen-bond donors (Lipinski definition) is 5. The van der Waals surface area contributed by atoms with E-state index in [1.165, 1.54) is 0 Å². The van der Waals surface area contributed by atoms with Gasteiger partial charge in [-0.15, -0.1) is 0 Å². The lowest BCUT2D eigenvalue weighted by Gasteiger charge is -2.51. The first-order valence-corrected chi connectivity index (χ1v) is 11.2. The van der Waals surface area contributed by atoms with Crippen molar-refractivity contribution < 1.29 is 43.9 Å². The zero-order valence-corrected chi connectivity index (χ0v) is 17.8. The quantitative estimate of drug-likeness (QED) is 0.467. The Morgan fingerprint density at radius 3 is 2.75 bits per heavy atom. The van der Waals surface area contributed by atoms with Crippen LogP contribution in [-0.4, -0.2) is 68.3 Å². The SMILES string of the molecule is [2H]C1([2H])C[C@H]2[C@@H]3CCc4cc(O)ccc4[C@H]3CC[C@]2(C)[C@@]1([2H])O[C@@H]1O[C@H](C(=O)O)[C@@H](O)[C@H](O)[C@H]1O. The summed E-state index contributed by atoms with van der Waals surface area (Å²) in [5.41, 5.74) is 1.27. The van der Waals surface area contributed by atoms with Crippen molar-refractivity contribution in [1.29, 1.82) is 0 Å². The van der Waals surface area contributed by atoms with Gasteiger partial charge in [-0.1, -0.05) is 13.0 Å². The minimum Gasteiger partial charge on any atom is -0.508 e. The Kier molecular flexibility index (Phi) is 4.64. The van der Waals surface area contributed by atoms with E-state index < -0.39 is 54.5 Å². The molecule has 5 N–H and O–H groups in total. The average molecular weight is 452 g/mol. The molecule has 1 aromatic carbocycles. The first-order chi connectivity index (χ1) is 16.3. The predicted molar refractivity (Wildman–Crippen MR) is 112 cm³/mol. The molecule has 3 aliphatic carbocycles. The standard InChI is InChI=1S/C24H32O8/c1-24-9-8-14-13-5-3-12(25)10-11(13)2-4-15(14)16(24)6-7-17(24)31-23-20(28)18(26)19(27)21(32-23)22(29)30/h3,5,10,14-21,23,25-28H,2,4,6-9H2,1H3,(H,29,30)/t14-,15-,16+,17+,18+,19+,20-,21+,23-,24+/m1/s1/i7D2,17D. The minimum atomic E-state index is -2.19. The second-order valence-corrected chi connectivity index (χ2v) is 9.82. The first kappa shape index (κ1) is 18.7. The molecule has 0 bridgehead atoms. The Hall–Kier alpha value is -1.71. The van der Waals surface area contributed by atoms with Crippen molar-refractivity contribution in [2.75, 3.05) is 0 Å². The van der Waals surface area contributed by atoms with Crippen molar-refractivity contribution in [3.05, 3.63) is 29.3 Å². The van der Waals surface area contributed by atoms with Crippen LogP contribution in [-0.2, 0) is 20.7 Å². The molecule has 0 unspecified atom stereocenters. The summed E-state index contributed by atoms with van der Waals surface area (Å²) in [7, 11) is 0. The highest BCUT2D eigenvalue weighted by atomic mass is 16.7. The van der Waals surface area contributed by atoms with Gasteiger partial charge in [0.05, 0.1) is 7.45 Å². The van der Waals surface area contributed by atoms with Crippen LogP contribution < -0.4 is 0 Å². The lowest BCUT2D eigenvalue weighted by Crippen LogP contribution is -2.61. The molecule has 2 saturated carbocycles. The molecule has 10 atom stereocenters. The third-order valence-electron chi connectivity index (χ3n) is 8.15. The lowest BCUT2D eigenvalue weighted by atomic mass is 9.55. The molecule has 1 saturated heterocycles. The predicted octanol–water partition coefficient (Wildman–Crippen LogP) is 1.53. The summed E-state index contributed by atoms with van der Waals surface area (Å²) in [5, 5.41) is 49.9. The van der Waals surface area contributed by atoms with Crippen molar-refractivity contribution in [3.63, 3.8) is 0 Å². The summed E-state index contributed by atoms with van der Waals surface area (Å²) >= 11 is 0. The molecule has 176 valence electrons. The molecule has 8 heteroatoms. The van der Waals surface area contributed by atoms with Crippen molar-refractivity contribution >= 4 is 5.97 Å². The summed E-state index contributed by atoms with van der Waals surface area (Å²) in [6.45, 7) is 1.81. The molecule has 0 amide bonds. The van der Waals surface area contributed by atoms with E-state index >= 15 is 0 Å². The largest absolute Gasteiger partial charge is 0.508 e. The number of aryl methyl sites for hydroxylation is 1. The van der Waals surface area contributed by atoms with Crippen LogP contribution in [0, 0.1) is 17.3 Å². The second-order valence-electron chi connectivity index (χ2n) is 9.82. The maximum atomic E-state index is 11.5. The maximum Gasteiger partial charge on any atom is 0.335 e. The van der Waals surface area contributed by atoms with Crippen LogP contribution in [0.25, 0.3) is 0 Å².